The highest BCUT2D eigenvalue weighted by molar-refractivity contribution is 6.05. The maximum absolute atomic E-state index is 14.3. The fourth-order valence-electron chi connectivity index (χ4n) is 2.68. The number of anilines is 1. The largest absolute Gasteiger partial charge is 0.434 e. The molecule has 3 heterocycles. The molecule has 1 aromatic carbocycles. The average Bonchev–Trinajstić information content (AvgIpc) is 3.38. The second-order valence-corrected chi connectivity index (χ2v) is 5.88. The molecule has 0 atom stereocenters. The molecule has 4 rings (SSSR count). The van der Waals surface area contributed by atoms with Crippen LogP contribution in [0, 0.1) is 5.82 Å². The summed E-state index contributed by atoms with van der Waals surface area (Å²) in [5, 5.41) is 16.2. The topological polar surface area (TPSA) is 103 Å². The molecule has 0 unspecified atom stereocenters. The van der Waals surface area contributed by atoms with Gasteiger partial charge in [-0.3, -0.25) is 4.79 Å². The summed E-state index contributed by atoms with van der Waals surface area (Å²) >= 11 is 0. The minimum absolute atomic E-state index is 0.00282. The van der Waals surface area contributed by atoms with Crippen LogP contribution in [-0.4, -0.2) is 40.9 Å². The third-order valence-electron chi connectivity index (χ3n) is 3.95. The third kappa shape index (κ3) is 3.59. The molecule has 0 aliphatic heterocycles. The Morgan fingerprint density at radius 2 is 1.97 bits per heavy atom. The average molecular weight is 418 g/mol. The molecule has 3 aromatic heterocycles. The summed E-state index contributed by atoms with van der Waals surface area (Å²) in [5.41, 5.74) is -2.10. The van der Waals surface area contributed by atoms with Gasteiger partial charge in [-0.2, -0.15) is 23.0 Å². The van der Waals surface area contributed by atoms with E-state index in [1.807, 2.05) is 0 Å². The normalized spacial score (nSPS) is 11.5. The first-order valence-electron chi connectivity index (χ1n) is 8.25. The number of carbonyl (C=O) groups is 1. The third-order valence-corrected chi connectivity index (χ3v) is 3.95. The summed E-state index contributed by atoms with van der Waals surface area (Å²) in [6, 6.07) is 7.83. The highest BCUT2D eigenvalue weighted by Gasteiger charge is 2.40. The number of alkyl halides is 3. The van der Waals surface area contributed by atoms with Gasteiger partial charge in [-0.15, -0.1) is 5.10 Å². The predicted octanol–water partition coefficient (Wildman–Crippen LogP) is 2.65. The van der Waals surface area contributed by atoms with Gasteiger partial charge in [-0.25, -0.2) is 14.1 Å². The molecule has 0 saturated carbocycles. The number of amides is 1. The number of benzene rings is 1. The van der Waals surface area contributed by atoms with Crippen molar-refractivity contribution in [2.45, 2.75) is 6.18 Å². The van der Waals surface area contributed by atoms with Crippen molar-refractivity contribution < 1.29 is 22.4 Å². The van der Waals surface area contributed by atoms with Gasteiger partial charge >= 0.3 is 6.18 Å². The molecule has 30 heavy (non-hydrogen) atoms. The van der Waals surface area contributed by atoms with E-state index in [4.69, 9.17) is 0 Å². The van der Waals surface area contributed by atoms with Crippen LogP contribution in [-0.2, 0) is 6.18 Å². The van der Waals surface area contributed by atoms with Gasteiger partial charge in [-0.05, 0) is 40.8 Å². The summed E-state index contributed by atoms with van der Waals surface area (Å²) in [7, 11) is 0. The highest BCUT2D eigenvalue weighted by atomic mass is 19.4. The van der Waals surface area contributed by atoms with Crippen LogP contribution in [0.2, 0.25) is 0 Å². The predicted molar refractivity (Wildman–Crippen MR) is 93.4 cm³/mol. The monoisotopic (exact) mass is 418 g/mol. The lowest BCUT2D eigenvalue weighted by molar-refractivity contribution is -0.143. The lowest BCUT2D eigenvalue weighted by Crippen LogP contribution is -2.21. The van der Waals surface area contributed by atoms with Gasteiger partial charge in [0.05, 0.1) is 11.8 Å². The highest BCUT2D eigenvalue weighted by Crippen LogP contribution is 2.33. The van der Waals surface area contributed by atoms with E-state index in [0.29, 0.717) is 4.68 Å². The Hall–Kier alpha value is -4.16. The first kappa shape index (κ1) is 19.2. The summed E-state index contributed by atoms with van der Waals surface area (Å²) in [6.45, 7) is 0. The molecule has 1 N–H and O–H groups in total. The van der Waals surface area contributed by atoms with Gasteiger partial charge in [-0.1, -0.05) is 6.07 Å². The van der Waals surface area contributed by atoms with Crippen molar-refractivity contribution >= 4 is 11.6 Å². The number of hydrogen-bond acceptors (Lipinski definition) is 6. The van der Waals surface area contributed by atoms with E-state index >= 15 is 0 Å². The minimum Gasteiger partial charge on any atom is -0.322 e. The first-order chi connectivity index (χ1) is 14.3. The van der Waals surface area contributed by atoms with E-state index in [1.165, 1.54) is 36.5 Å². The Morgan fingerprint density at radius 1 is 1.13 bits per heavy atom. The molecule has 0 saturated heterocycles. The van der Waals surface area contributed by atoms with Crippen molar-refractivity contribution in [1.29, 1.82) is 0 Å². The maximum atomic E-state index is 14.3. The summed E-state index contributed by atoms with van der Waals surface area (Å²) < 4.78 is 56.8. The zero-order valence-corrected chi connectivity index (χ0v) is 14.7. The first-order valence-corrected chi connectivity index (χ1v) is 8.25. The Bertz CT molecular complexity index is 1190. The Morgan fingerprint density at radius 3 is 2.60 bits per heavy atom. The summed E-state index contributed by atoms with van der Waals surface area (Å²) in [4.78, 5) is 16.3. The van der Waals surface area contributed by atoms with Crippen molar-refractivity contribution in [2.24, 2.45) is 0 Å². The number of nitrogens with zero attached hydrogens (tertiary/aromatic N) is 7. The molecule has 152 valence electrons. The van der Waals surface area contributed by atoms with Crippen LogP contribution >= 0.6 is 0 Å². The van der Waals surface area contributed by atoms with Crippen molar-refractivity contribution in [3.8, 4) is 11.5 Å². The number of rotatable bonds is 4. The molecule has 0 aliphatic rings. The smallest absolute Gasteiger partial charge is 0.322 e. The van der Waals surface area contributed by atoms with Gasteiger partial charge in [0.2, 0.25) is 0 Å². The molecular formula is C17H10F4N8O. The molecule has 9 nitrogen and oxygen atoms in total. The second kappa shape index (κ2) is 7.35. The molecular weight excluding hydrogens is 408 g/mol. The Balaban J connectivity index is 1.66. The van der Waals surface area contributed by atoms with E-state index in [-0.39, 0.29) is 17.2 Å². The molecule has 0 radical (unpaired) electrons. The summed E-state index contributed by atoms with van der Waals surface area (Å²) in [5.74, 6) is -2.01. The SMILES string of the molecule is O=C(Nc1ccc(-n2cnnn2)c(F)c1)c1cnn(-c2ccccn2)c1C(F)(F)F. The quantitative estimate of drug-likeness (QED) is 0.511. The van der Waals surface area contributed by atoms with Gasteiger partial charge in [0, 0.05) is 11.9 Å². The van der Waals surface area contributed by atoms with E-state index < -0.39 is 29.2 Å². The molecule has 13 heteroatoms. The van der Waals surface area contributed by atoms with Crippen LogP contribution in [0.1, 0.15) is 16.1 Å². The number of halogens is 4. The van der Waals surface area contributed by atoms with Crippen LogP contribution in [0.15, 0.2) is 55.1 Å². The molecule has 1 amide bonds. The summed E-state index contributed by atoms with van der Waals surface area (Å²) in [6.07, 6.45) is -1.65. The molecule has 0 spiro atoms. The zero-order valence-electron chi connectivity index (χ0n) is 14.7. The van der Waals surface area contributed by atoms with Crippen LogP contribution in [0.5, 0.6) is 0 Å². The fourth-order valence-corrected chi connectivity index (χ4v) is 2.68. The van der Waals surface area contributed by atoms with Crippen molar-refractivity contribution in [1.82, 2.24) is 35.0 Å². The van der Waals surface area contributed by atoms with Crippen LogP contribution in [0.25, 0.3) is 11.5 Å². The van der Waals surface area contributed by atoms with Gasteiger partial charge in [0.25, 0.3) is 5.91 Å². The standard InChI is InChI=1S/C17H10F4N8O/c18-12-7-10(4-5-13(12)28-9-23-26-27-28)25-16(30)11-8-24-29(15(11)17(19,20)21)14-3-1-2-6-22-14/h1-9H,(H,25,30). The lowest BCUT2D eigenvalue weighted by Gasteiger charge is -2.12. The second-order valence-electron chi connectivity index (χ2n) is 5.88. The van der Waals surface area contributed by atoms with E-state index in [0.717, 1.165) is 23.3 Å². The van der Waals surface area contributed by atoms with Crippen molar-refractivity contribution in [2.75, 3.05) is 5.32 Å². The van der Waals surface area contributed by atoms with Gasteiger partial charge in [0.15, 0.2) is 17.3 Å². The fraction of sp³-hybridized carbons (Fsp3) is 0.0588. The van der Waals surface area contributed by atoms with E-state index in [1.54, 1.807) is 0 Å². The number of nitrogens with one attached hydrogen (secondary N) is 1. The van der Waals surface area contributed by atoms with Crippen LogP contribution < -0.4 is 5.32 Å². The molecule has 4 aromatic rings. The van der Waals surface area contributed by atoms with Gasteiger partial charge < -0.3 is 5.32 Å². The molecule has 0 fully saturated rings. The molecule has 0 bridgehead atoms. The Labute approximate surface area is 165 Å². The molecule has 0 aliphatic carbocycles. The minimum atomic E-state index is -4.89. The number of hydrogen-bond donors (Lipinski definition) is 1. The van der Waals surface area contributed by atoms with E-state index in [9.17, 15) is 22.4 Å². The number of carbonyl (C=O) groups excluding carboxylic acids is 1. The van der Waals surface area contributed by atoms with Crippen molar-refractivity contribution in [3.05, 3.63) is 72.2 Å². The number of tetrazole rings is 1. The van der Waals surface area contributed by atoms with Crippen molar-refractivity contribution in [3.63, 3.8) is 0 Å². The number of aromatic nitrogens is 7. The maximum Gasteiger partial charge on any atom is 0.434 e. The van der Waals surface area contributed by atoms with Crippen LogP contribution in [0.3, 0.4) is 0 Å². The zero-order chi connectivity index (χ0) is 21.3. The lowest BCUT2D eigenvalue weighted by atomic mass is 10.2. The Kier molecular flexibility index (Phi) is 4.69. The number of pyridine rings is 1. The van der Waals surface area contributed by atoms with E-state index in [2.05, 4.69) is 30.9 Å². The van der Waals surface area contributed by atoms with Crippen LogP contribution in [0.4, 0.5) is 23.2 Å². The van der Waals surface area contributed by atoms with Gasteiger partial charge in [0.1, 0.15) is 12.0 Å².